The third-order valence-electron chi connectivity index (χ3n) is 3.32. The average molecular weight is 300 g/mol. The molecule has 0 aliphatic heterocycles. The van der Waals surface area contributed by atoms with Crippen molar-refractivity contribution >= 4 is 5.69 Å². The van der Waals surface area contributed by atoms with Crippen molar-refractivity contribution in [2.45, 2.75) is 45.7 Å². The quantitative estimate of drug-likeness (QED) is 0.688. The highest BCUT2D eigenvalue weighted by molar-refractivity contribution is 5.50. The number of benzene rings is 1. The van der Waals surface area contributed by atoms with Crippen molar-refractivity contribution in [2.75, 3.05) is 25.1 Å². The monoisotopic (exact) mass is 300 g/mol. The molecule has 0 aliphatic rings. The Labute approximate surface area is 126 Å². The number of hydrogen-bond acceptors (Lipinski definition) is 3. The summed E-state index contributed by atoms with van der Waals surface area (Å²) >= 11 is 0. The number of rotatable bonds is 9. The predicted molar refractivity (Wildman–Crippen MR) is 82.5 cm³/mol. The standard InChI is InChI=1S/C16H26F2N2O/c1-12(2)19-11-13-9-14(17)16(15(18)10-13)20(3)7-5-4-6-8-21/h9-10,12,19,21H,4-8,11H2,1-3H3. The van der Waals surface area contributed by atoms with Crippen molar-refractivity contribution in [2.24, 2.45) is 0 Å². The minimum Gasteiger partial charge on any atom is -0.396 e. The number of aliphatic hydroxyl groups excluding tert-OH is 1. The summed E-state index contributed by atoms with van der Waals surface area (Å²) in [5.41, 5.74) is 0.628. The number of hydrogen-bond donors (Lipinski definition) is 2. The first-order valence-corrected chi connectivity index (χ1v) is 7.49. The van der Waals surface area contributed by atoms with E-state index < -0.39 is 11.6 Å². The molecule has 0 aromatic heterocycles. The molecule has 0 unspecified atom stereocenters. The van der Waals surface area contributed by atoms with Gasteiger partial charge in [0.05, 0.1) is 0 Å². The average Bonchev–Trinajstić information content (AvgIpc) is 2.40. The van der Waals surface area contributed by atoms with Crippen LogP contribution in [0.1, 0.15) is 38.7 Å². The van der Waals surface area contributed by atoms with Crippen LogP contribution in [0.15, 0.2) is 12.1 Å². The predicted octanol–water partition coefficient (Wildman–Crippen LogP) is 3.06. The summed E-state index contributed by atoms with van der Waals surface area (Å²) in [4.78, 5) is 1.60. The topological polar surface area (TPSA) is 35.5 Å². The van der Waals surface area contributed by atoms with E-state index in [0.29, 0.717) is 18.7 Å². The van der Waals surface area contributed by atoms with Gasteiger partial charge in [0.15, 0.2) is 0 Å². The third kappa shape index (κ3) is 5.98. The highest BCUT2D eigenvalue weighted by Gasteiger charge is 2.15. The van der Waals surface area contributed by atoms with Crippen molar-refractivity contribution in [1.82, 2.24) is 5.32 Å². The fourth-order valence-corrected chi connectivity index (χ4v) is 2.16. The van der Waals surface area contributed by atoms with Crippen LogP contribution in [0.4, 0.5) is 14.5 Å². The zero-order valence-corrected chi connectivity index (χ0v) is 13.1. The largest absolute Gasteiger partial charge is 0.396 e. The lowest BCUT2D eigenvalue weighted by Gasteiger charge is -2.21. The smallest absolute Gasteiger partial charge is 0.149 e. The molecular weight excluding hydrogens is 274 g/mol. The van der Waals surface area contributed by atoms with Crippen molar-refractivity contribution in [3.8, 4) is 0 Å². The molecule has 0 saturated heterocycles. The maximum atomic E-state index is 14.1. The van der Waals surface area contributed by atoms with E-state index in [-0.39, 0.29) is 18.3 Å². The second-order valence-corrected chi connectivity index (χ2v) is 5.65. The van der Waals surface area contributed by atoms with Crippen LogP contribution < -0.4 is 10.2 Å². The molecule has 3 nitrogen and oxygen atoms in total. The van der Waals surface area contributed by atoms with Crippen LogP contribution in [0.2, 0.25) is 0 Å². The summed E-state index contributed by atoms with van der Waals surface area (Å²) < 4.78 is 28.2. The SMILES string of the molecule is CC(C)NCc1cc(F)c(N(C)CCCCCO)c(F)c1. The van der Waals surface area contributed by atoms with Gasteiger partial charge in [-0.25, -0.2) is 8.78 Å². The molecule has 0 radical (unpaired) electrons. The van der Waals surface area contributed by atoms with Crippen LogP contribution >= 0.6 is 0 Å². The molecule has 21 heavy (non-hydrogen) atoms. The number of anilines is 1. The summed E-state index contributed by atoms with van der Waals surface area (Å²) in [6, 6.07) is 3.04. The molecule has 0 bridgehead atoms. The van der Waals surface area contributed by atoms with Gasteiger partial charge in [-0.1, -0.05) is 13.8 Å². The molecule has 0 heterocycles. The first kappa shape index (κ1) is 17.9. The van der Waals surface area contributed by atoms with Crippen molar-refractivity contribution in [3.05, 3.63) is 29.3 Å². The van der Waals surface area contributed by atoms with E-state index in [0.717, 1.165) is 19.3 Å². The number of nitrogens with one attached hydrogen (secondary N) is 1. The van der Waals surface area contributed by atoms with Gasteiger partial charge < -0.3 is 15.3 Å². The molecule has 120 valence electrons. The number of halogens is 2. The summed E-state index contributed by atoms with van der Waals surface area (Å²) in [6.07, 6.45) is 2.37. The van der Waals surface area contributed by atoms with Gasteiger partial charge in [-0.15, -0.1) is 0 Å². The minimum atomic E-state index is -0.528. The third-order valence-corrected chi connectivity index (χ3v) is 3.32. The molecule has 0 amide bonds. The van der Waals surface area contributed by atoms with Crippen LogP contribution in [-0.4, -0.2) is 31.3 Å². The fraction of sp³-hybridized carbons (Fsp3) is 0.625. The first-order chi connectivity index (χ1) is 9.95. The van der Waals surface area contributed by atoms with Crippen LogP contribution in [0.3, 0.4) is 0 Å². The molecule has 0 saturated carbocycles. The zero-order chi connectivity index (χ0) is 15.8. The van der Waals surface area contributed by atoms with Gasteiger partial charge in [0.1, 0.15) is 17.3 Å². The molecule has 1 aromatic carbocycles. The number of aliphatic hydroxyl groups is 1. The summed E-state index contributed by atoms with van der Waals surface area (Å²) in [6.45, 7) is 5.15. The highest BCUT2D eigenvalue weighted by atomic mass is 19.1. The van der Waals surface area contributed by atoms with Crippen LogP contribution in [0.25, 0.3) is 0 Å². The Balaban J connectivity index is 2.69. The Morgan fingerprint density at radius 1 is 1.14 bits per heavy atom. The van der Waals surface area contributed by atoms with E-state index in [1.807, 2.05) is 13.8 Å². The van der Waals surface area contributed by atoms with E-state index in [9.17, 15) is 8.78 Å². The van der Waals surface area contributed by atoms with Crippen LogP contribution in [0, 0.1) is 11.6 Å². The van der Waals surface area contributed by atoms with E-state index in [1.165, 1.54) is 12.1 Å². The lowest BCUT2D eigenvalue weighted by atomic mass is 10.1. The van der Waals surface area contributed by atoms with Gasteiger partial charge in [-0.3, -0.25) is 0 Å². The van der Waals surface area contributed by atoms with Gasteiger partial charge >= 0.3 is 0 Å². The number of nitrogens with zero attached hydrogens (tertiary/aromatic N) is 1. The maximum absolute atomic E-state index is 14.1. The Morgan fingerprint density at radius 3 is 2.29 bits per heavy atom. The van der Waals surface area contributed by atoms with Crippen molar-refractivity contribution in [3.63, 3.8) is 0 Å². The Bertz CT molecular complexity index is 415. The van der Waals surface area contributed by atoms with E-state index in [1.54, 1.807) is 11.9 Å². The normalized spacial score (nSPS) is 11.2. The van der Waals surface area contributed by atoms with E-state index >= 15 is 0 Å². The van der Waals surface area contributed by atoms with Gasteiger partial charge in [0, 0.05) is 32.8 Å². The Morgan fingerprint density at radius 2 is 1.76 bits per heavy atom. The molecule has 1 rings (SSSR count). The maximum Gasteiger partial charge on any atom is 0.149 e. The molecular formula is C16H26F2N2O. The van der Waals surface area contributed by atoms with Gasteiger partial charge in [-0.2, -0.15) is 0 Å². The molecule has 1 aromatic rings. The zero-order valence-electron chi connectivity index (χ0n) is 13.1. The number of unbranched alkanes of at least 4 members (excludes halogenated alkanes) is 2. The Hall–Kier alpha value is -1.20. The molecule has 5 heteroatoms. The Kier molecular flexibility index (Phi) is 7.61. The van der Waals surface area contributed by atoms with Crippen molar-refractivity contribution < 1.29 is 13.9 Å². The van der Waals surface area contributed by atoms with Crippen molar-refractivity contribution in [1.29, 1.82) is 0 Å². The van der Waals surface area contributed by atoms with Gasteiger partial charge in [0.2, 0.25) is 0 Å². The molecule has 0 atom stereocenters. The highest BCUT2D eigenvalue weighted by Crippen LogP contribution is 2.24. The second kappa shape index (κ2) is 8.95. The molecule has 0 aliphatic carbocycles. The summed E-state index contributed by atoms with van der Waals surface area (Å²) in [7, 11) is 1.69. The first-order valence-electron chi connectivity index (χ1n) is 7.49. The fourth-order valence-electron chi connectivity index (χ4n) is 2.16. The lowest BCUT2D eigenvalue weighted by Crippen LogP contribution is -2.23. The molecule has 2 N–H and O–H groups in total. The van der Waals surface area contributed by atoms with E-state index in [2.05, 4.69) is 5.32 Å². The second-order valence-electron chi connectivity index (χ2n) is 5.65. The molecule has 0 spiro atoms. The summed E-state index contributed by atoms with van der Waals surface area (Å²) in [5.74, 6) is -1.06. The minimum absolute atomic E-state index is 0.0206. The van der Waals surface area contributed by atoms with Crippen LogP contribution in [-0.2, 0) is 6.54 Å². The lowest BCUT2D eigenvalue weighted by molar-refractivity contribution is 0.283. The van der Waals surface area contributed by atoms with Gasteiger partial charge in [-0.05, 0) is 37.0 Å². The molecule has 0 fully saturated rings. The van der Waals surface area contributed by atoms with Gasteiger partial charge in [0.25, 0.3) is 0 Å². The summed E-state index contributed by atoms with van der Waals surface area (Å²) in [5, 5.41) is 11.9. The van der Waals surface area contributed by atoms with E-state index in [4.69, 9.17) is 5.11 Å². The van der Waals surface area contributed by atoms with Crippen LogP contribution in [0.5, 0.6) is 0 Å².